The summed E-state index contributed by atoms with van der Waals surface area (Å²) in [5.41, 5.74) is 1.90. The molecule has 0 heterocycles. The molecule has 6 nitrogen and oxygen atoms in total. The average Bonchev–Trinajstić information content (AvgIpc) is 2.89. The van der Waals surface area contributed by atoms with Crippen molar-refractivity contribution in [2.24, 2.45) is 0 Å². The zero-order valence-electron chi connectivity index (χ0n) is 21.0. The topological polar surface area (TPSA) is 72.9 Å². The molecule has 0 aromatic heterocycles. The van der Waals surface area contributed by atoms with Gasteiger partial charge in [-0.25, -0.2) is 8.42 Å². The molecule has 0 atom stereocenters. The number of benzene rings is 3. The van der Waals surface area contributed by atoms with Gasteiger partial charge in [0.1, 0.15) is 0 Å². The monoisotopic (exact) mass is 507 g/mol. The van der Waals surface area contributed by atoms with Gasteiger partial charge in [0, 0.05) is 6.08 Å². The number of rotatable bonds is 12. The van der Waals surface area contributed by atoms with Crippen LogP contribution in [0.15, 0.2) is 83.8 Å². The Morgan fingerprint density at radius 3 is 2.31 bits per heavy atom. The van der Waals surface area contributed by atoms with Crippen molar-refractivity contribution in [3.63, 3.8) is 0 Å². The van der Waals surface area contributed by atoms with Crippen molar-refractivity contribution in [3.05, 3.63) is 90.0 Å². The zero-order chi connectivity index (χ0) is 26.0. The van der Waals surface area contributed by atoms with E-state index in [4.69, 9.17) is 9.47 Å². The van der Waals surface area contributed by atoms with E-state index >= 15 is 0 Å². The molecule has 0 aliphatic carbocycles. The molecule has 1 amide bonds. The maximum atomic E-state index is 13.4. The Hall–Kier alpha value is -3.58. The van der Waals surface area contributed by atoms with Crippen molar-refractivity contribution in [1.82, 2.24) is 0 Å². The highest BCUT2D eigenvalue weighted by Gasteiger charge is 2.29. The third kappa shape index (κ3) is 6.98. The minimum Gasteiger partial charge on any atom is -0.493 e. The lowest BCUT2D eigenvalue weighted by Gasteiger charge is -2.21. The molecular formula is C29H33NO5S. The van der Waals surface area contributed by atoms with Crippen LogP contribution in [0.4, 0.5) is 5.69 Å². The van der Waals surface area contributed by atoms with E-state index in [-0.39, 0.29) is 10.6 Å². The lowest BCUT2D eigenvalue weighted by atomic mass is 10.1. The van der Waals surface area contributed by atoms with E-state index in [1.807, 2.05) is 6.92 Å². The number of sulfonamides is 1. The molecule has 36 heavy (non-hydrogen) atoms. The summed E-state index contributed by atoms with van der Waals surface area (Å²) >= 11 is 0. The number of carbonyl (C=O) groups is 1. The molecule has 0 saturated carbocycles. The van der Waals surface area contributed by atoms with Gasteiger partial charge < -0.3 is 9.47 Å². The van der Waals surface area contributed by atoms with E-state index in [0.717, 1.165) is 29.1 Å². The molecule has 0 unspecified atom stereocenters. The smallest absolute Gasteiger partial charge is 0.271 e. The Labute approximate surface area is 214 Å². The Balaban J connectivity index is 1.84. The second kappa shape index (κ2) is 12.9. The Bertz CT molecular complexity index is 1270. The predicted molar refractivity (Wildman–Crippen MR) is 144 cm³/mol. The third-order valence-corrected chi connectivity index (χ3v) is 7.35. The van der Waals surface area contributed by atoms with E-state index in [1.165, 1.54) is 24.6 Å². The van der Waals surface area contributed by atoms with Gasteiger partial charge in [0.15, 0.2) is 11.5 Å². The largest absolute Gasteiger partial charge is 0.493 e. The first-order valence-corrected chi connectivity index (χ1v) is 13.5. The van der Waals surface area contributed by atoms with Gasteiger partial charge in [-0.05, 0) is 61.4 Å². The first-order valence-electron chi connectivity index (χ1n) is 12.1. The summed E-state index contributed by atoms with van der Waals surface area (Å²) < 4.78 is 39.0. The number of methoxy groups -OCH3 is 1. The minimum absolute atomic E-state index is 0.0365. The highest BCUT2D eigenvalue weighted by Crippen LogP contribution is 2.29. The van der Waals surface area contributed by atoms with Crippen LogP contribution in [0.25, 0.3) is 6.08 Å². The molecule has 3 aromatic carbocycles. The Morgan fingerprint density at radius 1 is 0.917 bits per heavy atom. The molecule has 0 N–H and O–H groups in total. The Kier molecular flexibility index (Phi) is 9.70. The molecule has 0 aliphatic rings. The Morgan fingerprint density at radius 2 is 1.64 bits per heavy atom. The molecule has 7 heteroatoms. The molecule has 3 aromatic rings. The number of hydrogen-bond acceptors (Lipinski definition) is 5. The van der Waals surface area contributed by atoms with Crippen molar-refractivity contribution in [2.45, 2.75) is 44.4 Å². The normalized spacial score (nSPS) is 11.4. The first kappa shape index (κ1) is 27.0. The van der Waals surface area contributed by atoms with Crippen molar-refractivity contribution in [3.8, 4) is 11.5 Å². The fraction of sp³-hybridized carbons (Fsp3) is 0.276. The average molecular weight is 508 g/mol. The van der Waals surface area contributed by atoms with Crippen molar-refractivity contribution in [1.29, 1.82) is 0 Å². The summed E-state index contributed by atoms with van der Waals surface area (Å²) in [6.45, 7) is 4.67. The number of aryl methyl sites for hydroxylation is 1. The van der Waals surface area contributed by atoms with Crippen molar-refractivity contribution >= 4 is 27.7 Å². The van der Waals surface area contributed by atoms with Crippen LogP contribution in [-0.4, -0.2) is 28.0 Å². The van der Waals surface area contributed by atoms with Crippen LogP contribution in [0.5, 0.6) is 11.5 Å². The predicted octanol–water partition coefficient (Wildman–Crippen LogP) is 6.40. The van der Waals surface area contributed by atoms with E-state index in [2.05, 4.69) is 6.92 Å². The molecule has 0 spiro atoms. The van der Waals surface area contributed by atoms with Gasteiger partial charge in [0.2, 0.25) is 0 Å². The van der Waals surface area contributed by atoms with Crippen LogP contribution >= 0.6 is 0 Å². The van der Waals surface area contributed by atoms with Gasteiger partial charge in [0.25, 0.3) is 15.9 Å². The number of unbranched alkanes of at least 4 members (excludes halogenated alkanes) is 3. The number of carbonyl (C=O) groups excluding carboxylic acids is 1. The SMILES string of the molecule is CCCCCCOc1ccc(/C=C/C(=O)N(c2ccc(C)cc2)S(=O)(=O)c2ccccc2)cc1OC. The van der Waals surface area contributed by atoms with Crippen molar-refractivity contribution < 1.29 is 22.7 Å². The lowest BCUT2D eigenvalue weighted by molar-refractivity contribution is -0.113. The number of amides is 1. The third-order valence-electron chi connectivity index (χ3n) is 5.61. The van der Waals surface area contributed by atoms with Gasteiger partial charge in [-0.3, -0.25) is 4.79 Å². The standard InChI is InChI=1S/C29H33NO5S/c1-4-5-6-10-21-35-27-19-15-24(22-28(27)34-3)16-20-29(31)30(25-17-13-23(2)14-18-25)36(32,33)26-11-8-7-9-12-26/h7-9,11-20,22H,4-6,10,21H2,1-3H3/b20-16+. The summed E-state index contributed by atoms with van der Waals surface area (Å²) in [7, 11) is -2.56. The number of anilines is 1. The van der Waals surface area contributed by atoms with E-state index in [0.29, 0.717) is 23.7 Å². The zero-order valence-corrected chi connectivity index (χ0v) is 21.8. The molecule has 0 radical (unpaired) electrons. The fourth-order valence-electron chi connectivity index (χ4n) is 3.62. The highest BCUT2D eigenvalue weighted by atomic mass is 32.2. The molecule has 0 fully saturated rings. The van der Waals surface area contributed by atoms with Gasteiger partial charge in [-0.2, -0.15) is 4.31 Å². The molecule has 190 valence electrons. The van der Waals surface area contributed by atoms with Crippen LogP contribution in [0.3, 0.4) is 0 Å². The number of hydrogen-bond donors (Lipinski definition) is 0. The summed E-state index contributed by atoms with van der Waals surface area (Å²) in [5, 5.41) is 0. The van der Waals surface area contributed by atoms with Gasteiger partial charge in [0.05, 0.1) is 24.3 Å². The summed E-state index contributed by atoms with van der Waals surface area (Å²) in [4.78, 5) is 13.3. The second-order valence-electron chi connectivity index (χ2n) is 8.41. The van der Waals surface area contributed by atoms with Gasteiger partial charge >= 0.3 is 0 Å². The van der Waals surface area contributed by atoms with Crippen molar-refractivity contribution in [2.75, 3.05) is 18.0 Å². The molecular weight excluding hydrogens is 474 g/mol. The quantitative estimate of drug-likeness (QED) is 0.210. The van der Waals surface area contributed by atoms with Crippen LogP contribution in [0.2, 0.25) is 0 Å². The summed E-state index contributed by atoms with van der Waals surface area (Å²) in [6, 6.07) is 20.1. The van der Waals surface area contributed by atoms with Crippen LogP contribution in [-0.2, 0) is 14.8 Å². The molecule has 3 rings (SSSR count). The van der Waals surface area contributed by atoms with Crippen LogP contribution in [0, 0.1) is 6.92 Å². The highest BCUT2D eigenvalue weighted by molar-refractivity contribution is 7.93. The first-order chi connectivity index (χ1) is 17.4. The number of ether oxygens (including phenoxy) is 2. The van der Waals surface area contributed by atoms with E-state index < -0.39 is 15.9 Å². The molecule has 0 aliphatic heterocycles. The summed E-state index contributed by atoms with van der Waals surface area (Å²) in [5.74, 6) is 0.496. The van der Waals surface area contributed by atoms with Crippen LogP contribution < -0.4 is 13.8 Å². The van der Waals surface area contributed by atoms with Gasteiger partial charge in [-0.15, -0.1) is 0 Å². The maximum Gasteiger partial charge on any atom is 0.271 e. The minimum atomic E-state index is -4.12. The van der Waals surface area contributed by atoms with Gasteiger partial charge in [-0.1, -0.05) is 68.1 Å². The lowest BCUT2D eigenvalue weighted by Crippen LogP contribution is -2.35. The number of nitrogens with zero attached hydrogens (tertiary/aromatic N) is 1. The summed E-state index contributed by atoms with van der Waals surface area (Å²) in [6.07, 6.45) is 7.25. The maximum absolute atomic E-state index is 13.4. The van der Waals surface area contributed by atoms with E-state index in [9.17, 15) is 13.2 Å². The second-order valence-corrected chi connectivity index (χ2v) is 10.2. The molecule has 0 saturated heterocycles. The fourth-order valence-corrected chi connectivity index (χ4v) is 5.02. The van der Waals surface area contributed by atoms with E-state index in [1.54, 1.807) is 73.8 Å². The van der Waals surface area contributed by atoms with Crippen LogP contribution in [0.1, 0.15) is 43.7 Å². The molecule has 0 bridgehead atoms.